The van der Waals surface area contributed by atoms with Gasteiger partial charge in [0.15, 0.2) is 0 Å². The van der Waals surface area contributed by atoms with Crippen molar-refractivity contribution in [2.24, 2.45) is 5.73 Å². The topological polar surface area (TPSA) is 67.6 Å². The molecule has 1 unspecified atom stereocenters. The minimum atomic E-state index is -0.887. The van der Waals surface area contributed by atoms with Crippen molar-refractivity contribution >= 4 is 5.91 Å². The molecular formula is C18H25N3O2. The number of methoxy groups -OCH3 is 1. The summed E-state index contributed by atoms with van der Waals surface area (Å²) in [5.41, 5.74) is 8.08. The molecule has 3 N–H and O–H groups in total. The van der Waals surface area contributed by atoms with E-state index in [2.05, 4.69) is 5.32 Å². The fourth-order valence-corrected chi connectivity index (χ4v) is 4.44. The maximum Gasteiger partial charge on any atom is 0.247 e. The number of nitrogens with zero attached hydrogens (tertiary/aromatic N) is 1. The number of nitrogens with two attached hydrogens (primary N) is 1. The van der Waals surface area contributed by atoms with E-state index in [0.29, 0.717) is 12.0 Å². The highest BCUT2D eigenvalue weighted by Crippen LogP contribution is 2.41. The van der Waals surface area contributed by atoms with Gasteiger partial charge in [-0.1, -0.05) is 12.1 Å². The van der Waals surface area contributed by atoms with Crippen molar-refractivity contribution in [3.05, 3.63) is 29.3 Å². The number of benzene rings is 1. The molecule has 1 aromatic carbocycles. The normalized spacial score (nSPS) is 28.3. The number of likely N-dealkylation sites (tertiary alicyclic amines) is 1. The molecule has 1 aromatic rings. The van der Waals surface area contributed by atoms with E-state index in [4.69, 9.17) is 10.5 Å². The minimum Gasteiger partial charge on any atom is -0.496 e. The molecule has 1 aliphatic carbocycles. The van der Waals surface area contributed by atoms with Crippen LogP contribution in [0.15, 0.2) is 18.2 Å². The van der Waals surface area contributed by atoms with Crippen LogP contribution in [0.3, 0.4) is 0 Å². The highest BCUT2D eigenvalue weighted by atomic mass is 16.5. The minimum absolute atomic E-state index is 0.0821. The summed E-state index contributed by atoms with van der Waals surface area (Å²) in [6.45, 7) is 2.73. The summed E-state index contributed by atoms with van der Waals surface area (Å²) >= 11 is 0. The van der Waals surface area contributed by atoms with Gasteiger partial charge >= 0.3 is 0 Å². The Kier molecular flexibility index (Phi) is 3.39. The van der Waals surface area contributed by atoms with Gasteiger partial charge in [0.1, 0.15) is 11.3 Å². The third kappa shape index (κ3) is 2.17. The predicted octanol–water partition coefficient (Wildman–Crippen LogP) is 1.15. The van der Waals surface area contributed by atoms with Crippen LogP contribution in [-0.4, -0.2) is 43.1 Å². The summed E-state index contributed by atoms with van der Waals surface area (Å²) in [6, 6.07) is 5.87. The number of hydrogen-bond acceptors (Lipinski definition) is 4. The Hall–Kier alpha value is -1.59. The Morgan fingerprint density at radius 2 is 2.00 bits per heavy atom. The first-order valence-corrected chi connectivity index (χ1v) is 8.58. The first kappa shape index (κ1) is 15.0. The molecule has 1 spiro atoms. The molecule has 4 rings (SSSR count). The second kappa shape index (κ2) is 5.21. The Morgan fingerprint density at radius 3 is 2.61 bits per heavy atom. The lowest BCUT2D eigenvalue weighted by molar-refractivity contribution is -0.139. The van der Waals surface area contributed by atoms with Gasteiger partial charge in [0, 0.05) is 18.6 Å². The highest BCUT2D eigenvalue weighted by Gasteiger charge is 2.47. The van der Waals surface area contributed by atoms with Crippen LogP contribution in [0.25, 0.3) is 0 Å². The van der Waals surface area contributed by atoms with E-state index in [-0.39, 0.29) is 5.91 Å². The number of carbonyl (C=O) groups excluding carboxylic acids is 1. The maximum absolute atomic E-state index is 13.1. The Bertz CT molecular complexity index is 631. The molecule has 0 radical (unpaired) electrons. The molecular weight excluding hydrogens is 290 g/mol. The zero-order valence-corrected chi connectivity index (χ0v) is 13.7. The molecule has 1 atom stereocenters. The van der Waals surface area contributed by atoms with Crippen LogP contribution < -0.4 is 15.8 Å². The highest BCUT2D eigenvalue weighted by molar-refractivity contribution is 5.89. The van der Waals surface area contributed by atoms with E-state index in [1.54, 1.807) is 7.11 Å². The average molecular weight is 315 g/mol. The van der Waals surface area contributed by atoms with Crippen molar-refractivity contribution in [3.63, 3.8) is 0 Å². The number of piperidine rings is 1. The fourth-order valence-electron chi connectivity index (χ4n) is 4.44. The molecule has 0 saturated carbocycles. The summed E-state index contributed by atoms with van der Waals surface area (Å²) < 4.78 is 5.44. The first-order valence-electron chi connectivity index (χ1n) is 8.58. The van der Waals surface area contributed by atoms with Crippen LogP contribution >= 0.6 is 0 Å². The average Bonchev–Trinajstić information content (AvgIpc) is 2.91. The zero-order valence-electron chi connectivity index (χ0n) is 13.7. The molecule has 23 heavy (non-hydrogen) atoms. The smallest absolute Gasteiger partial charge is 0.247 e. The summed E-state index contributed by atoms with van der Waals surface area (Å²) in [4.78, 5) is 15.1. The van der Waals surface area contributed by atoms with Crippen LogP contribution in [0.1, 0.15) is 36.8 Å². The van der Waals surface area contributed by atoms with Gasteiger partial charge in [0.2, 0.25) is 5.91 Å². The van der Waals surface area contributed by atoms with Crippen LogP contribution in [-0.2, 0) is 16.8 Å². The quantitative estimate of drug-likeness (QED) is 0.859. The molecule has 0 bridgehead atoms. The predicted molar refractivity (Wildman–Crippen MR) is 88.3 cm³/mol. The number of hydrogen-bond donors (Lipinski definition) is 2. The molecule has 3 aliphatic rings. The SMILES string of the molecule is COc1cccc2c1CCC2(N)C(=O)N1CCC2(CCN2)CC1. The van der Waals surface area contributed by atoms with E-state index in [1.807, 2.05) is 23.1 Å². The molecule has 2 saturated heterocycles. The van der Waals surface area contributed by atoms with Gasteiger partial charge in [0.25, 0.3) is 0 Å². The number of rotatable bonds is 2. The third-order valence-electron chi connectivity index (χ3n) is 6.10. The van der Waals surface area contributed by atoms with Crippen LogP contribution in [0, 0.1) is 0 Å². The van der Waals surface area contributed by atoms with Crippen LogP contribution in [0.2, 0.25) is 0 Å². The lowest BCUT2D eigenvalue weighted by Gasteiger charge is -2.49. The Morgan fingerprint density at radius 1 is 1.26 bits per heavy atom. The number of nitrogens with one attached hydrogen (secondary N) is 1. The van der Waals surface area contributed by atoms with Gasteiger partial charge in [-0.15, -0.1) is 0 Å². The van der Waals surface area contributed by atoms with Gasteiger partial charge in [-0.05, 0) is 55.8 Å². The van der Waals surface area contributed by atoms with E-state index < -0.39 is 5.54 Å². The summed E-state index contributed by atoms with van der Waals surface area (Å²) in [5, 5.41) is 3.54. The summed E-state index contributed by atoms with van der Waals surface area (Å²) in [7, 11) is 1.67. The van der Waals surface area contributed by atoms with Gasteiger partial charge in [0.05, 0.1) is 7.11 Å². The van der Waals surface area contributed by atoms with Crippen molar-refractivity contribution in [3.8, 4) is 5.75 Å². The molecule has 0 aromatic heterocycles. The third-order valence-corrected chi connectivity index (χ3v) is 6.10. The number of amides is 1. The standard InChI is InChI=1S/C18H25N3O2/c1-23-15-4-2-3-14-13(15)5-6-18(14,19)16(22)21-11-8-17(9-12-21)7-10-20-17/h2-4,20H,5-12,19H2,1H3. The van der Waals surface area contributed by atoms with Crippen molar-refractivity contribution in [2.45, 2.75) is 43.2 Å². The van der Waals surface area contributed by atoms with E-state index in [1.165, 1.54) is 6.42 Å². The number of carbonyl (C=O) groups is 1. The second-order valence-electron chi connectivity index (χ2n) is 7.21. The maximum atomic E-state index is 13.1. The van der Waals surface area contributed by atoms with Crippen LogP contribution in [0.4, 0.5) is 0 Å². The van der Waals surface area contributed by atoms with E-state index in [9.17, 15) is 4.79 Å². The van der Waals surface area contributed by atoms with Crippen molar-refractivity contribution < 1.29 is 9.53 Å². The van der Waals surface area contributed by atoms with Crippen molar-refractivity contribution in [1.82, 2.24) is 10.2 Å². The Labute approximate surface area is 137 Å². The summed E-state index contributed by atoms with van der Waals surface area (Å²) in [6.07, 6.45) is 4.80. The second-order valence-corrected chi connectivity index (χ2v) is 7.21. The van der Waals surface area contributed by atoms with Gasteiger partial charge in [-0.25, -0.2) is 0 Å². The fraction of sp³-hybridized carbons (Fsp3) is 0.611. The van der Waals surface area contributed by atoms with Gasteiger partial charge in [-0.3, -0.25) is 4.79 Å². The zero-order chi connectivity index (χ0) is 16.1. The lowest BCUT2D eigenvalue weighted by atomic mass is 9.78. The van der Waals surface area contributed by atoms with E-state index in [0.717, 1.165) is 55.8 Å². The summed E-state index contributed by atoms with van der Waals surface area (Å²) in [5.74, 6) is 0.928. The molecule has 2 fully saturated rings. The molecule has 2 aliphatic heterocycles. The molecule has 2 heterocycles. The molecule has 1 amide bonds. The van der Waals surface area contributed by atoms with Crippen molar-refractivity contribution in [1.29, 1.82) is 0 Å². The molecule has 5 heteroatoms. The molecule has 124 valence electrons. The number of fused-ring (bicyclic) bond motifs is 1. The monoisotopic (exact) mass is 315 g/mol. The Balaban J connectivity index is 1.56. The largest absolute Gasteiger partial charge is 0.496 e. The lowest BCUT2D eigenvalue weighted by Crippen LogP contribution is -2.64. The number of ether oxygens (including phenoxy) is 1. The first-order chi connectivity index (χ1) is 11.1. The van der Waals surface area contributed by atoms with E-state index >= 15 is 0 Å². The van der Waals surface area contributed by atoms with Crippen LogP contribution in [0.5, 0.6) is 5.75 Å². The van der Waals surface area contributed by atoms with Gasteiger partial charge in [-0.2, -0.15) is 0 Å². The van der Waals surface area contributed by atoms with Crippen molar-refractivity contribution in [2.75, 3.05) is 26.7 Å². The van der Waals surface area contributed by atoms with Gasteiger partial charge < -0.3 is 20.7 Å². The molecule has 5 nitrogen and oxygen atoms in total.